The van der Waals surface area contributed by atoms with E-state index >= 15 is 0 Å². The van der Waals surface area contributed by atoms with E-state index in [1.165, 1.54) is 17.1 Å². The Bertz CT molecular complexity index is 1570. The average molecular weight is 686 g/mol. The summed E-state index contributed by atoms with van der Waals surface area (Å²) < 4.78 is 63.1. The Kier molecular flexibility index (Phi) is 12.3. The summed E-state index contributed by atoms with van der Waals surface area (Å²) in [5.41, 5.74) is 6.66. The number of aliphatic hydroxyl groups is 1. The third-order valence-corrected chi connectivity index (χ3v) is 9.31. The third kappa shape index (κ3) is 10.8. The number of aliphatic hydroxyl groups excluding tert-OH is 1. The highest BCUT2D eigenvalue weighted by Gasteiger charge is 2.43. The number of fused-ring (bicyclic) bond motifs is 1. The number of anilines is 1. The van der Waals surface area contributed by atoms with Crippen LogP contribution in [-0.4, -0.2) is 89.6 Å². The van der Waals surface area contributed by atoms with Crippen molar-refractivity contribution in [1.82, 2.24) is 14.5 Å². The zero-order chi connectivity index (χ0) is 32.7. The SMILES string of the molecule is CCOC(=O)COCC(=O)CCC#Cc1cn(C2CC(O)C(COP(=O)(O)OP(=O)(O)OP(=O)(O)O)O2)c2ncnc(N)c12. The second-order valence-corrected chi connectivity index (χ2v) is 13.3. The number of hydrogen-bond acceptors (Lipinski definition) is 15. The summed E-state index contributed by atoms with van der Waals surface area (Å²) in [4.78, 5) is 67.6. The second-order valence-electron chi connectivity index (χ2n) is 8.86. The maximum Gasteiger partial charge on any atom is 0.490 e. The smallest absolute Gasteiger partial charge is 0.464 e. The number of nitrogens with zero attached hydrogens (tertiary/aromatic N) is 3. The van der Waals surface area contributed by atoms with Gasteiger partial charge in [-0.1, -0.05) is 11.8 Å². The number of aromatic nitrogens is 3. The van der Waals surface area contributed by atoms with Crippen molar-refractivity contribution in [2.75, 3.05) is 32.2 Å². The Morgan fingerprint density at radius 3 is 2.55 bits per heavy atom. The van der Waals surface area contributed by atoms with E-state index in [1.54, 1.807) is 6.92 Å². The lowest BCUT2D eigenvalue weighted by molar-refractivity contribution is -0.149. The van der Waals surface area contributed by atoms with Crippen molar-refractivity contribution in [3.63, 3.8) is 0 Å². The van der Waals surface area contributed by atoms with Crippen molar-refractivity contribution in [3.8, 4) is 11.8 Å². The van der Waals surface area contributed by atoms with Gasteiger partial charge in [-0.05, 0) is 6.92 Å². The van der Waals surface area contributed by atoms with E-state index in [9.17, 15) is 38.2 Å². The van der Waals surface area contributed by atoms with Crippen LogP contribution >= 0.6 is 23.5 Å². The van der Waals surface area contributed by atoms with Gasteiger partial charge in [0.2, 0.25) is 0 Å². The van der Waals surface area contributed by atoms with Gasteiger partial charge in [0, 0.05) is 25.5 Å². The Balaban J connectivity index is 1.65. The molecular weight excluding hydrogens is 657 g/mol. The van der Waals surface area contributed by atoms with Gasteiger partial charge < -0.3 is 49.2 Å². The Labute approximate surface area is 248 Å². The van der Waals surface area contributed by atoms with E-state index < -0.39 is 54.5 Å². The zero-order valence-electron chi connectivity index (χ0n) is 22.8. The quantitative estimate of drug-likeness (QED) is 0.0833. The van der Waals surface area contributed by atoms with Gasteiger partial charge >= 0.3 is 29.4 Å². The van der Waals surface area contributed by atoms with Crippen molar-refractivity contribution in [3.05, 3.63) is 18.1 Å². The van der Waals surface area contributed by atoms with Gasteiger partial charge in [-0.2, -0.15) is 8.62 Å². The minimum absolute atomic E-state index is 0.0374. The molecule has 1 aliphatic rings. The highest BCUT2D eigenvalue weighted by Crippen LogP contribution is 2.66. The number of carbonyl (C=O) groups is 2. The monoisotopic (exact) mass is 686 g/mol. The summed E-state index contributed by atoms with van der Waals surface area (Å²) in [6, 6.07) is 0. The lowest BCUT2D eigenvalue weighted by atomic mass is 10.2. The maximum absolute atomic E-state index is 12.0. The molecule has 1 saturated heterocycles. The molecule has 0 bridgehead atoms. The maximum atomic E-state index is 12.0. The number of nitrogens with two attached hydrogens (primary N) is 1. The molecule has 0 amide bonds. The molecule has 2 aromatic heterocycles. The molecule has 0 spiro atoms. The molecule has 5 unspecified atom stereocenters. The summed E-state index contributed by atoms with van der Waals surface area (Å²) in [5, 5.41) is 10.8. The van der Waals surface area contributed by atoms with E-state index in [4.69, 9.17) is 29.7 Å². The van der Waals surface area contributed by atoms with Gasteiger partial charge in [-0.3, -0.25) is 9.32 Å². The molecule has 1 aliphatic heterocycles. The van der Waals surface area contributed by atoms with Crippen LogP contribution in [0.2, 0.25) is 0 Å². The predicted octanol–water partition coefficient (Wildman–Crippen LogP) is 0.286. The molecule has 20 nitrogen and oxygen atoms in total. The predicted molar refractivity (Wildman–Crippen MR) is 145 cm³/mol. The number of phosphoric acid groups is 3. The third-order valence-electron chi connectivity index (χ3n) is 5.51. The molecule has 3 rings (SSSR count). The van der Waals surface area contributed by atoms with E-state index in [0.717, 1.165) is 0 Å². The van der Waals surface area contributed by atoms with Gasteiger partial charge in [-0.15, -0.1) is 0 Å². The normalized spacial score (nSPS) is 21.3. The fraction of sp³-hybridized carbons (Fsp3) is 0.524. The lowest BCUT2D eigenvalue weighted by Gasteiger charge is -2.19. The first kappa shape index (κ1) is 35.9. The minimum Gasteiger partial charge on any atom is -0.464 e. The highest BCUT2D eigenvalue weighted by atomic mass is 31.3. The first-order chi connectivity index (χ1) is 20.5. The molecule has 0 radical (unpaired) electrons. The van der Waals surface area contributed by atoms with Crippen LogP contribution in [0.4, 0.5) is 5.82 Å². The van der Waals surface area contributed by atoms with Gasteiger partial charge in [-0.25, -0.2) is 28.5 Å². The molecule has 5 atom stereocenters. The fourth-order valence-corrected chi connectivity index (χ4v) is 6.84. The largest absolute Gasteiger partial charge is 0.490 e. The number of carbonyl (C=O) groups excluding carboxylic acids is 2. The Morgan fingerprint density at radius 1 is 1.14 bits per heavy atom. The van der Waals surface area contributed by atoms with Gasteiger partial charge in [0.1, 0.15) is 43.3 Å². The summed E-state index contributed by atoms with van der Waals surface area (Å²) in [6.45, 7) is 0.347. The summed E-state index contributed by atoms with van der Waals surface area (Å²) in [7, 11) is -16.7. The van der Waals surface area contributed by atoms with E-state index in [-0.39, 0.29) is 56.3 Å². The lowest BCUT2D eigenvalue weighted by Crippen LogP contribution is -2.26. The van der Waals surface area contributed by atoms with Crippen LogP contribution < -0.4 is 5.73 Å². The number of nitrogen functional groups attached to an aromatic ring is 1. The van der Waals surface area contributed by atoms with Crippen LogP contribution in [0.1, 0.15) is 38.0 Å². The molecule has 2 aromatic rings. The summed E-state index contributed by atoms with van der Waals surface area (Å²) >= 11 is 0. The topological polar surface area (TPSA) is 299 Å². The number of ether oxygens (including phenoxy) is 3. The number of ketones is 1. The molecule has 23 heteroatoms. The van der Waals surface area contributed by atoms with Crippen LogP contribution in [0.15, 0.2) is 12.5 Å². The number of Topliss-reactive ketones (excluding diaryl/α,β-unsaturated/α-hetero) is 1. The molecule has 3 heterocycles. The van der Waals surface area contributed by atoms with Crippen LogP contribution in [0.25, 0.3) is 11.0 Å². The molecule has 0 aromatic carbocycles. The number of esters is 1. The highest BCUT2D eigenvalue weighted by molar-refractivity contribution is 7.66. The molecule has 44 heavy (non-hydrogen) atoms. The molecule has 1 fully saturated rings. The standard InChI is InChI=1S/C21H29N4O16P3/c1-2-37-18(28)11-36-9-14(26)6-4-3-5-13-8-25(21-19(13)20(22)23-12-24-21)17-7-15(27)16(39-17)10-38-43(32,33)41-44(34,35)40-42(29,30)31/h8,12,15-17,27H,2,4,6-7,9-11H2,1H3,(H,32,33)(H,34,35)(H2,22,23,24)(H2,29,30,31). The zero-order valence-corrected chi connectivity index (χ0v) is 25.5. The van der Waals surface area contributed by atoms with Crippen LogP contribution in [0.3, 0.4) is 0 Å². The van der Waals surface area contributed by atoms with Gasteiger partial charge in [0.25, 0.3) is 0 Å². The van der Waals surface area contributed by atoms with Crippen LogP contribution in [0.5, 0.6) is 0 Å². The van der Waals surface area contributed by atoms with E-state index in [0.29, 0.717) is 10.9 Å². The molecule has 7 N–H and O–H groups in total. The molecule has 0 aliphatic carbocycles. The molecule has 0 saturated carbocycles. The summed E-state index contributed by atoms with van der Waals surface area (Å²) in [5.74, 6) is 4.92. The van der Waals surface area contributed by atoms with Crippen molar-refractivity contribution in [2.45, 2.75) is 44.6 Å². The number of rotatable bonds is 15. The van der Waals surface area contributed by atoms with Crippen molar-refractivity contribution in [1.29, 1.82) is 0 Å². The second kappa shape index (κ2) is 15.1. The first-order valence-corrected chi connectivity index (χ1v) is 17.0. The minimum atomic E-state index is -5.72. The van der Waals surface area contributed by atoms with Crippen LogP contribution in [0, 0.1) is 11.8 Å². The van der Waals surface area contributed by atoms with E-state index in [2.05, 4.69) is 35.0 Å². The molecule has 244 valence electrons. The first-order valence-electron chi connectivity index (χ1n) is 12.5. The number of hydrogen-bond donors (Lipinski definition) is 6. The Morgan fingerprint density at radius 2 is 1.86 bits per heavy atom. The molecular formula is C21H29N4O16P3. The fourth-order valence-electron chi connectivity index (χ4n) is 3.81. The van der Waals surface area contributed by atoms with Gasteiger partial charge in [0.05, 0.1) is 30.3 Å². The Hall–Kier alpha value is -2.59. The number of phosphoric ester groups is 1. The van der Waals surface area contributed by atoms with Crippen LogP contribution in [-0.2, 0) is 50.6 Å². The average Bonchev–Trinajstić information content (AvgIpc) is 3.44. The van der Waals surface area contributed by atoms with E-state index in [1.807, 2.05) is 0 Å². The van der Waals surface area contributed by atoms with Gasteiger partial charge in [0.15, 0.2) is 5.78 Å². The van der Waals surface area contributed by atoms with Crippen molar-refractivity contribution in [2.24, 2.45) is 0 Å². The summed E-state index contributed by atoms with van der Waals surface area (Å²) in [6.07, 6.45) is -0.744. The van der Waals surface area contributed by atoms with Crippen molar-refractivity contribution >= 4 is 52.1 Å². The van der Waals surface area contributed by atoms with Crippen molar-refractivity contribution < 1.29 is 75.3 Å².